The van der Waals surface area contributed by atoms with E-state index in [-0.39, 0.29) is 12.2 Å². The lowest BCUT2D eigenvalue weighted by atomic mass is 10.1. The molecule has 0 aliphatic rings. The first-order valence-electron chi connectivity index (χ1n) is 6.86. The van der Waals surface area contributed by atoms with Crippen LogP contribution in [0.2, 0.25) is 0 Å². The van der Waals surface area contributed by atoms with Gasteiger partial charge in [0, 0.05) is 6.92 Å². The van der Waals surface area contributed by atoms with Crippen LogP contribution < -0.4 is 9.47 Å². The topological polar surface area (TPSA) is 85.6 Å². The minimum atomic E-state index is -0.688. The summed E-state index contributed by atoms with van der Waals surface area (Å²) >= 11 is 1.99. The fourth-order valence-corrected chi connectivity index (χ4v) is 2.42. The van der Waals surface area contributed by atoms with Gasteiger partial charge >= 0.3 is 11.9 Å². The average molecular weight is 429 g/mol. The molecule has 0 N–H and O–H groups in total. The van der Waals surface area contributed by atoms with Crippen LogP contribution >= 0.6 is 22.6 Å². The molecule has 6 nitrogen and oxygen atoms in total. The van der Waals surface area contributed by atoms with Crippen LogP contribution in [-0.2, 0) is 14.3 Å². The number of hydrogen-bond donors (Lipinski definition) is 0. The van der Waals surface area contributed by atoms with Crippen molar-refractivity contribution < 1.29 is 23.8 Å². The first kappa shape index (κ1) is 19.0. The molecule has 0 bridgehead atoms. The van der Waals surface area contributed by atoms with Crippen LogP contribution in [0.3, 0.4) is 0 Å². The molecular formula is C16H16INO5. The third-order valence-corrected chi connectivity index (χ3v) is 3.31. The van der Waals surface area contributed by atoms with Gasteiger partial charge in [-0.15, -0.1) is 0 Å². The lowest BCUT2D eigenvalue weighted by molar-refractivity contribution is -0.138. The Hall–Kier alpha value is -2.08. The van der Waals surface area contributed by atoms with E-state index in [0.29, 0.717) is 27.2 Å². The Balaban J connectivity index is 3.30. The summed E-state index contributed by atoms with van der Waals surface area (Å²) in [7, 11) is 0. The van der Waals surface area contributed by atoms with E-state index in [1.54, 1.807) is 26.0 Å². The molecule has 0 amide bonds. The molecule has 0 saturated carbocycles. The van der Waals surface area contributed by atoms with E-state index in [2.05, 4.69) is 0 Å². The van der Waals surface area contributed by atoms with E-state index < -0.39 is 11.9 Å². The zero-order valence-electron chi connectivity index (χ0n) is 13.0. The van der Waals surface area contributed by atoms with Gasteiger partial charge in [0.25, 0.3) is 0 Å². The number of nitrogens with zero attached hydrogens (tertiary/aromatic N) is 1. The summed E-state index contributed by atoms with van der Waals surface area (Å²) in [5, 5.41) is 9.08. The van der Waals surface area contributed by atoms with Gasteiger partial charge in [0.05, 0.1) is 16.8 Å². The van der Waals surface area contributed by atoms with Crippen molar-refractivity contribution in [2.24, 2.45) is 0 Å². The minimum absolute atomic E-state index is 0.120. The molecule has 0 heterocycles. The predicted octanol–water partition coefficient (Wildman–Crippen LogP) is 3.09. The number of rotatable bonds is 6. The normalized spacial score (nSPS) is 10.7. The summed E-state index contributed by atoms with van der Waals surface area (Å²) < 4.78 is 16.1. The van der Waals surface area contributed by atoms with Crippen molar-refractivity contribution >= 4 is 40.6 Å². The van der Waals surface area contributed by atoms with Crippen LogP contribution in [0.1, 0.15) is 26.3 Å². The Kier molecular flexibility index (Phi) is 7.54. The molecule has 0 aromatic heterocycles. The molecule has 0 fully saturated rings. The van der Waals surface area contributed by atoms with Gasteiger partial charge in [-0.25, -0.2) is 4.79 Å². The predicted molar refractivity (Wildman–Crippen MR) is 91.9 cm³/mol. The van der Waals surface area contributed by atoms with E-state index >= 15 is 0 Å². The highest BCUT2D eigenvalue weighted by Crippen LogP contribution is 2.35. The van der Waals surface area contributed by atoms with Crippen LogP contribution in [0.25, 0.3) is 6.08 Å². The van der Waals surface area contributed by atoms with Crippen LogP contribution in [0.15, 0.2) is 17.7 Å². The highest BCUT2D eigenvalue weighted by Gasteiger charge is 2.15. The summed E-state index contributed by atoms with van der Waals surface area (Å²) in [6, 6.07) is 5.09. The number of ether oxygens (including phenoxy) is 3. The van der Waals surface area contributed by atoms with Gasteiger partial charge in [0.1, 0.15) is 11.6 Å². The maximum absolute atomic E-state index is 11.7. The molecule has 23 heavy (non-hydrogen) atoms. The second kappa shape index (κ2) is 9.15. The van der Waals surface area contributed by atoms with Gasteiger partial charge in [-0.3, -0.25) is 4.79 Å². The Morgan fingerprint density at radius 2 is 2.00 bits per heavy atom. The van der Waals surface area contributed by atoms with Gasteiger partial charge in [0.2, 0.25) is 0 Å². The summed E-state index contributed by atoms with van der Waals surface area (Å²) in [6.07, 6.45) is 1.40. The van der Waals surface area contributed by atoms with Crippen molar-refractivity contribution in [3.8, 4) is 17.6 Å². The standard InChI is InChI=1S/C16H16INO5/c1-4-21-14-8-11(6-12(9-18)16(20)22-5-2)7-13(17)15(14)23-10(3)19/h6-8H,4-5H2,1-3H3/b12-6-. The molecule has 1 aromatic rings. The summed E-state index contributed by atoms with van der Waals surface area (Å²) in [5.74, 6) is -0.475. The van der Waals surface area contributed by atoms with Crippen LogP contribution in [-0.4, -0.2) is 25.2 Å². The molecular weight excluding hydrogens is 413 g/mol. The second-order valence-electron chi connectivity index (χ2n) is 4.25. The second-order valence-corrected chi connectivity index (χ2v) is 5.41. The number of nitriles is 1. The summed E-state index contributed by atoms with van der Waals surface area (Å²) in [4.78, 5) is 22.9. The van der Waals surface area contributed by atoms with E-state index in [0.717, 1.165) is 0 Å². The monoisotopic (exact) mass is 429 g/mol. The van der Waals surface area contributed by atoms with Crippen molar-refractivity contribution in [1.82, 2.24) is 0 Å². The van der Waals surface area contributed by atoms with Crippen molar-refractivity contribution in [1.29, 1.82) is 5.26 Å². The summed E-state index contributed by atoms with van der Waals surface area (Å²) in [5.41, 5.74) is 0.448. The van der Waals surface area contributed by atoms with Crippen LogP contribution in [0.4, 0.5) is 0 Å². The van der Waals surface area contributed by atoms with Gasteiger partial charge in [-0.05, 0) is 60.2 Å². The average Bonchev–Trinajstić information content (AvgIpc) is 2.48. The number of esters is 2. The number of carbonyl (C=O) groups is 2. The first-order chi connectivity index (χ1) is 10.9. The van der Waals surface area contributed by atoms with Crippen molar-refractivity contribution in [3.63, 3.8) is 0 Å². The quantitative estimate of drug-likeness (QED) is 0.227. The number of halogens is 1. The fraction of sp³-hybridized carbons (Fsp3) is 0.312. The fourth-order valence-electron chi connectivity index (χ4n) is 1.69. The molecule has 0 aliphatic heterocycles. The molecule has 0 aliphatic carbocycles. The highest BCUT2D eigenvalue weighted by molar-refractivity contribution is 14.1. The van der Waals surface area contributed by atoms with Crippen LogP contribution in [0, 0.1) is 14.9 Å². The van der Waals surface area contributed by atoms with Crippen LogP contribution in [0.5, 0.6) is 11.5 Å². The molecule has 1 rings (SSSR count). The van der Waals surface area contributed by atoms with E-state index in [4.69, 9.17) is 19.5 Å². The van der Waals surface area contributed by atoms with E-state index in [1.807, 2.05) is 28.7 Å². The third-order valence-electron chi connectivity index (χ3n) is 2.50. The Morgan fingerprint density at radius 3 is 2.52 bits per heavy atom. The molecule has 0 atom stereocenters. The molecule has 0 saturated heterocycles. The van der Waals surface area contributed by atoms with E-state index in [1.165, 1.54) is 13.0 Å². The molecule has 0 radical (unpaired) electrons. The van der Waals surface area contributed by atoms with E-state index in [9.17, 15) is 9.59 Å². The first-order valence-corrected chi connectivity index (χ1v) is 7.94. The number of carbonyl (C=O) groups excluding carboxylic acids is 2. The number of hydrogen-bond acceptors (Lipinski definition) is 6. The molecule has 0 spiro atoms. The SMILES string of the molecule is CCOC(=O)/C(C#N)=C\c1cc(I)c(OC(C)=O)c(OCC)c1. The van der Waals surface area contributed by atoms with Crippen molar-refractivity contribution in [2.45, 2.75) is 20.8 Å². The lowest BCUT2D eigenvalue weighted by Crippen LogP contribution is -2.07. The Labute approximate surface area is 148 Å². The Morgan fingerprint density at radius 1 is 1.30 bits per heavy atom. The summed E-state index contributed by atoms with van der Waals surface area (Å²) in [6.45, 7) is 5.32. The third kappa shape index (κ3) is 5.56. The van der Waals surface area contributed by atoms with Gasteiger partial charge in [0.15, 0.2) is 11.5 Å². The van der Waals surface area contributed by atoms with Crippen molar-refractivity contribution in [3.05, 3.63) is 26.8 Å². The maximum atomic E-state index is 11.7. The zero-order valence-corrected chi connectivity index (χ0v) is 15.2. The van der Waals surface area contributed by atoms with Crippen molar-refractivity contribution in [2.75, 3.05) is 13.2 Å². The highest BCUT2D eigenvalue weighted by atomic mass is 127. The lowest BCUT2D eigenvalue weighted by Gasteiger charge is -2.12. The van der Waals surface area contributed by atoms with Gasteiger partial charge in [-0.1, -0.05) is 0 Å². The molecule has 0 unspecified atom stereocenters. The zero-order chi connectivity index (χ0) is 17.4. The smallest absolute Gasteiger partial charge is 0.348 e. The van der Waals surface area contributed by atoms with Gasteiger partial charge < -0.3 is 14.2 Å². The maximum Gasteiger partial charge on any atom is 0.348 e. The Bertz CT molecular complexity index is 676. The largest absolute Gasteiger partial charge is 0.490 e. The molecule has 122 valence electrons. The number of benzene rings is 1. The molecule has 1 aromatic carbocycles. The minimum Gasteiger partial charge on any atom is -0.490 e. The molecule has 7 heteroatoms. The van der Waals surface area contributed by atoms with Gasteiger partial charge in [-0.2, -0.15) is 5.26 Å².